The highest BCUT2D eigenvalue weighted by Crippen LogP contribution is 2.36. The molecule has 21 heavy (non-hydrogen) atoms. The van der Waals surface area contributed by atoms with Crippen LogP contribution in [0.4, 0.5) is 4.39 Å². The predicted octanol–water partition coefficient (Wildman–Crippen LogP) is 3.91. The van der Waals surface area contributed by atoms with Crippen LogP contribution >= 0.6 is 11.8 Å². The molecule has 2 aromatic heterocycles. The molecule has 0 saturated heterocycles. The number of esters is 1. The second-order valence-electron chi connectivity index (χ2n) is 6.30. The van der Waals surface area contributed by atoms with Gasteiger partial charge in [-0.3, -0.25) is 4.79 Å². The summed E-state index contributed by atoms with van der Waals surface area (Å²) in [7, 11) is 0. The van der Waals surface area contributed by atoms with Crippen molar-refractivity contribution in [1.29, 1.82) is 0 Å². The molecule has 4 nitrogen and oxygen atoms in total. The molecule has 1 N–H and O–H groups in total. The quantitative estimate of drug-likeness (QED) is 0.690. The number of nitrogens with one attached hydrogen (secondary N) is 1. The van der Waals surface area contributed by atoms with E-state index in [9.17, 15) is 9.18 Å². The number of nitrogens with zero attached hydrogens (tertiary/aromatic N) is 1. The fourth-order valence-corrected chi connectivity index (χ4v) is 2.64. The van der Waals surface area contributed by atoms with Crippen LogP contribution in [0.1, 0.15) is 34.6 Å². The molecule has 0 aromatic carbocycles. The van der Waals surface area contributed by atoms with Gasteiger partial charge in [0.05, 0.1) is 11.7 Å². The van der Waals surface area contributed by atoms with E-state index in [1.807, 2.05) is 0 Å². The number of H-pyrrole nitrogens is 1. The Bertz CT molecular complexity index is 674. The summed E-state index contributed by atoms with van der Waals surface area (Å²) in [6.07, 6.45) is 3.22. The average molecular weight is 310 g/mol. The molecular formula is C15H19FN2O2S. The summed E-state index contributed by atoms with van der Waals surface area (Å²) in [5, 5.41) is 0.658. The number of hydrogen-bond acceptors (Lipinski definition) is 4. The highest BCUT2D eigenvalue weighted by molar-refractivity contribution is 8.01. The second-order valence-corrected chi connectivity index (χ2v) is 7.91. The van der Waals surface area contributed by atoms with Crippen molar-refractivity contribution in [2.24, 2.45) is 0 Å². The van der Waals surface area contributed by atoms with Crippen molar-refractivity contribution < 1.29 is 13.9 Å². The molecule has 6 heteroatoms. The molecule has 0 saturated carbocycles. The smallest absolute Gasteiger partial charge is 0.322 e. The molecule has 0 fully saturated rings. The van der Waals surface area contributed by atoms with E-state index < -0.39 is 22.1 Å². The maximum atomic E-state index is 14.4. The molecule has 0 aliphatic rings. The number of fused-ring (bicyclic) bond motifs is 1. The fraction of sp³-hybridized carbons (Fsp3) is 0.467. The molecule has 0 radical (unpaired) electrons. The van der Waals surface area contributed by atoms with Crippen LogP contribution < -0.4 is 0 Å². The number of carbonyl (C=O) groups excluding carboxylic acids is 1. The lowest BCUT2D eigenvalue weighted by Gasteiger charge is -2.27. The minimum atomic E-state index is -0.925. The van der Waals surface area contributed by atoms with Gasteiger partial charge in [0, 0.05) is 11.6 Å². The van der Waals surface area contributed by atoms with Crippen molar-refractivity contribution >= 4 is 28.6 Å². The maximum Gasteiger partial charge on any atom is 0.322 e. The Morgan fingerprint density at radius 2 is 2.00 bits per heavy atom. The monoisotopic (exact) mass is 310 g/mol. The molecule has 0 amide bonds. The third-order valence-corrected chi connectivity index (χ3v) is 3.91. The molecular weight excluding hydrogens is 291 g/mol. The predicted molar refractivity (Wildman–Crippen MR) is 81.8 cm³/mol. The van der Waals surface area contributed by atoms with Gasteiger partial charge >= 0.3 is 5.97 Å². The standard InChI is InChI=1S/C15H19FN2O2S/c1-14(2,3)20-13(19)15(4,5)21-12-11(16)9-6-7-17-10(9)8-18-12/h6-8,17H,1-5H3. The topological polar surface area (TPSA) is 55.0 Å². The number of aromatic amines is 1. The van der Waals surface area contributed by atoms with Gasteiger partial charge in [-0.1, -0.05) is 11.8 Å². The van der Waals surface area contributed by atoms with E-state index in [1.54, 1.807) is 53.1 Å². The fourth-order valence-electron chi connectivity index (χ4n) is 1.73. The molecule has 0 unspecified atom stereocenters. The SMILES string of the molecule is CC(C)(C)OC(=O)C(C)(C)Sc1ncc2[nH]ccc2c1F. The molecule has 2 rings (SSSR count). The van der Waals surface area contributed by atoms with E-state index in [0.29, 0.717) is 10.9 Å². The number of thioether (sulfide) groups is 1. The minimum Gasteiger partial charge on any atom is -0.459 e. The van der Waals surface area contributed by atoms with Crippen LogP contribution in [0.5, 0.6) is 0 Å². The third kappa shape index (κ3) is 3.56. The van der Waals surface area contributed by atoms with Gasteiger partial charge in [0.2, 0.25) is 0 Å². The first-order valence-corrected chi connectivity index (χ1v) is 7.46. The van der Waals surface area contributed by atoms with Gasteiger partial charge in [0.1, 0.15) is 15.4 Å². The van der Waals surface area contributed by atoms with Crippen LogP contribution in [0.25, 0.3) is 10.9 Å². The van der Waals surface area contributed by atoms with Crippen molar-refractivity contribution in [3.8, 4) is 0 Å². The Kier molecular flexibility index (Phi) is 4.02. The molecule has 2 aromatic rings. The van der Waals surface area contributed by atoms with E-state index >= 15 is 0 Å². The highest BCUT2D eigenvalue weighted by atomic mass is 32.2. The van der Waals surface area contributed by atoms with E-state index in [4.69, 9.17) is 4.74 Å². The zero-order valence-electron chi connectivity index (χ0n) is 12.8. The summed E-state index contributed by atoms with van der Waals surface area (Å²) in [5.41, 5.74) is 0.0535. The Hall–Kier alpha value is -1.56. The number of hydrogen-bond donors (Lipinski definition) is 1. The Labute approximate surface area is 127 Å². The Morgan fingerprint density at radius 1 is 1.33 bits per heavy atom. The van der Waals surface area contributed by atoms with Gasteiger partial charge in [0.25, 0.3) is 0 Å². The van der Waals surface area contributed by atoms with Crippen LogP contribution in [0.2, 0.25) is 0 Å². The zero-order chi connectivity index (χ0) is 15.8. The van der Waals surface area contributed by atoms with E-state index in [-0.39, 0.29) is 5.03 Å². The number of halogens is 1. The maximum absolute atomic E-state index is 14.4. The first kappa shape index (κ1) is 15.8. The van der Waals surface area contributed by atoms with Gasteiger partial charge in [0.15, 0.2) is 5.82 Å². The summed E-state index contributed by atoms with van der Waals surface area (Å²) in [4.78, 5) is 19.2. The molecule has 0 aliphatic heterocycles. The number of aromatic nitrogens is 2. The van der Waals surface area contributed by atoms with Crippen molar-refractivity contribution in [2.75, 3.05) is 0 Å². The van der Waals surface area contributed by atoms with Gasteiger partial charge in [-0.05, 0) is 40.7 Å². The number of carbonyl (C=O) groups is 1. The van der Waals surface area contributed by atoms with Crippen molar-refractivity contribution in [1.82, 2.24) is 9.97 Å². The van der Waals surface area contributed by atoms with E-state index in [2.05, 4.69) is 9.97 Å². The molecule has 0 spiro atoms. The first-order valence-electron chi connectivity index (χ1n) is 6.64. The van der Waals surface area contributed by atoms with E-state index in [1.165, 1.54) is 0 Å². The van der Waals surface area contributed by atoms with Crippen LogP contribution in [0.3, 0.4) is 0 Å². The lowest BCUT2D eigenvalue weighted by Crippen LogP contribution is -2.36. The summed E-state index contributed by atoms with van der Waals surface area (Å²) < 4.78 is 18.8. The highest BCUT2D eigenvalue weighted by Gasteiger charge is 2.35. The summed E-state index contributed by atoms with van der Waals surface area (Å²) in [6.45, 7) is 8.81. The van der Waals surface area contributed by atoms with Gasteiger partial charge in [-0.25, -0.2) is 9.37 Å². The van der Waals surface area contributed by atoms with Crippen LogP contribution in [-0.2, 0) is 9.53 Å². The molecule has 114 valence electrons. The number of ether oxygens (including phenoxy) is 1. The minimum absolute atomic E-state index is 0.193. The molecule has 2 heterocycles. The zero-order valence-corrected chi connectivity index (χ0v) is 13.6. The lowest BCUT2D eigenvalue weighted by molar-refractivity contribution is -0.156. The largest absolute Gasteiger partial charge is 0.459 e. The van der Waals surface area contributed by atoms with Crippen LogP contribution in [0, 0.1) is 5.82 Å². The second kappa shape index (κ2) is 5.33. The molecule has 0 atom stereocenters. The Morgan fingerprint density at radius 3 is 2.62 bits per heavy atom. The van der Waals surface area contributed by atoms with Gasteiger partial charge in [-0.15, -0.1) is 0 Å². The third-order valence-electron chi connectivity index (χ3n) is 2.76. The molecule has 0 aliphatic carbocycles. The number of rotatable bonds is 3. The summed E-state index contributed by atoms with van der Waals surface area (Å²) in [6, 6.07) is 1.65. The number of pyridine rings is 1. The summed E-state index contributed by atoms with van der Waals surface area (Å²) >= 11 is 1.06. The van der Waals surface area contributed by atoms with Crippen molar-refractivity contribution in [2.45, 2.75) is 50.0 Å². The van der Waals surface area contributed by atoms with Crippen LogP contribution in [0.15, 0.2) is 23.5 Å². The molecule has 0 bridgehead atoms. The first-order chi connectivity index (χ1) is 9.60. The van der Waals surface area contributed by atoms with Gasteiger partial charge < -0.3 is 9.72 Å². The lowest BCUT2D eigenvalue weighted by atomic mass is 10.1. The van der Waals surface area contributed by atoms with Crippen LogP contribution in [-0.4, -0.2) is 26.3 Å². The van der Waals surface area contributed by atoms with Gasteiger partial charge in [-0.2, -0.15) is 0 Å². The average Bonchev–Trinajstić information content (AvgIpc) is 2.79. The van der Waals surface area contributed by atoms with Crippen molar-refractivity contribution in [3.63, 3.8) is 0 Å². The van der Waals surface area contributed by atoms with E-state index in [0.717, 1.165) is 11.8 Å². The Balaban J connectivity index is 2.25. The normalized spacial score (nSPS) is 12.7. The summed E-state index contributed by atoms with van der Waals surface area (Å²) in [5.74, 6) is -0.814. The van der Waals surface area contributed by atoms with Crippen molar-refractivity contribution in [3.05, 3.63) is 24.3 Å².